The van der Waals surface area contributed by atoms with E-state index in [1.807, 2.05) is 6.92 Å². The van der Waals surface area contributed by atoms with Gasteiger partial charge in [-0.3, -0.25) is 9.59 Å². The Hall–Kier alpha value is -2.35. The van der Waals surface area contributed by atoms with E-state index in [0.717, 1.165) is 30.3 Å². The van der Waals surface area contributed by atoms with E-state index in [1.165, 1.54) is 28.4 Å². The highest BCUT2D eigenvalue weighted by atomic mass is 32.1. The number of nitrogens with one attached hydrogen (secondary N) is 1. The van der Waals surface area contributed by atoms with Crippen LogP contribution in [0, 0.1) is 24.0 Å². The van der Waals surface area contributed by atoms with Crippen LogP contribution in [0.4, 0.5) is 14.5 Å². The largest absolute Gasteiger partial charge is 0.348 e. The Morgan fingerprint density at radius 1 is 1.29 bits per heavy atom. The third kappa shape index (κ3) is 3.53. The molecule has 0 bridgehead atoms. The van der Waals surface area contributed by atoms with Gasteiger partial charge in [0.25, 0.3) is 5.91 Å². The molecule has 2 aromatic rings. The second-order valence-electron chi connectivity index (χ2n) is 7.63. The van der Waals surface area contributed by atoms with Gasteiger partial charge >= 0.3 is 0 Å². The Morgan fingerprint density at radius 3 is 2.71 bits per heavy atom. The highest BCUT2D eigenvalue weighted by Gasteiger charge is 2.49. The highest BCUT2D eigenvalue weighted by molar-refractivity contribution is 7.09. The Bertz CT molecular complexity index is 912. The van der Waals surface area contributed by atoms with E-state index in [4.69, 9.17) is 0 Å². The van der Waals surface area contributed by atoms with Crippen LogP contribution in [0.25, 0.3) is 0 Å². The Balaban J connectivity index is 1.48. The summed E-state index contributed by atoms with van der Waals surface area (Å²) in [5, 5.41) is 5.56. The predicted octanol–water partition coefficient (Wildman–Crippen LogP) is 3.83. The van der Waals surface area contributed by atoms with Crippen LogP contribution in [0.1, 0.15) is 47.6 Å². The third-order valence-corrected chi connectivity index (χ3v) is 6.48. The number of aryl methyl sites for hydroxylation is 1. The molecule has 28 heavy (non-hydrogen) atoms. The van der Waals surface area contributed by atoms with Crippen molar-refractivity contribution >= 4 is 28.8 Å². The number of benzene rings is 1. The van der Waals surface area contributed by atoms with E-state index in [9.17, 15) is 18.4 Å². The van der Waals surface area contributed by atoms with Crippen molar-refractivity contribution in [2.45, 2.75) is 45.1 Å². The lowest BCUT2D eigenvalue weighted by Gasteiger charge is -2.36. The molecule has 5 nitrogen and oxygen atoms in total. The zero-order valence-electron chi connectivity index (χ0n) is 15.5. The SMILES string of the molecule is Cc1nc(C(=O)NC2CCCC3(CCN(c4cc(F)cc(F)c4)C3=O)C2)cs1. The normalized spacial score (nSPS) is 24.8. The number of nitrogens with zero attached hydrogens (tertiary/aromatic N) is 2. The van der Waals surface area contributed by atoms with Crippen molar-refractivity contribution in [1.82, 2.24) is 10.3 Å². The second-order valence-corrected chi connectivity index (χ2v) is 8.70. The van der Waals surface area contributed by atoms with Gasteiger partial charge in [0.2, 0.25) is 5.91 Å². The summed E-state index contributed by atoms with van der Waals surface area (Å²) in [7, 11) is 0. The lowest BCUT2D eigenvalue weighted by atomic mass is 9.71. The molecule has 0 radical (unpaired) electrons. The number of halogens is 2. The molecule has 2 fully saturated rings. The molecule has 2 atom stereocenters. The molecule has 1 saturated heterocycles. The molecule has 4 rings (SSSR count). The van der Waals surface area contributed by atoms with Crippen LogP contribution in [0.3, 0.4) is 0 Å². The van der Waals surface area contributed by atoms with Gasteiger partial charge in [-0.2, -0.15) is 0 Å². The molecule has 2 aliphatic rings. The van der Waals surface area contributed by atoms with E-state index in [1.54, 1.807) is 5.38 Å². The third-order valence-electron chi connectivity index (χ3n) is 5.70. The number of amides is 2. The minimum Gasteiger partial charge on any atom is -0.348 e. The molecule has 2 unspecified atom stereocenters. The Labute approximate surface area is 165 Å². The number of hydrogen-bond donors (Lipinski definition) is 1. The Morgan fingerprint density at radius 2 is 2.04 bits per heavy atom. The molecule has 2 heterocycles. The highest BCUT2D eigenvalue weighted by Crippen LogP contribution is 2.46. The molecule has 1 aromatic carbocycles. The second kappa shape index (κ2) is 7.24. The van der Waals surface area contributed by atoms with Gasteiger partial charge in [0.05, 0.1) is 10.4 Å². The number of rotatable bonds is 3. The summed E-state index contributed by atoms with van der Waals surface area (Å²) >= 11 is 1.42. The van der Waals surface area contributed by atoms with Crippen molar-refractivity contribution < 1.29 is 18.4 Å². The van der Waals surface area contributed by atoms with Crippen molar-refractivity contribution in [3.8, 4) is 0 Å². The van der Waals surface area contributed by atoms with E-state index < -0.39 is 17.0 Å². The number of carbonyl (C=O) groups excluding carboxylic acids is 2. The topological polar surface area (TPSA) is 62.3 Å². The van der Waals surface area contributed by atoms with Crippen LogP contribution in [0.2, 0.25) is 0 Å². The van der Waals surface area contributed by atoms with Crippen molar-refractivity contribution in [3.05, 3.63) is 45.9 Å². The molecule has 1 aliphatic carbocycles. The number of carbonyl (C=O) groups is 2. The quantitative estimate of drug-likeness (QED) is 0.844. The van der Waals surface area contributed by atoms with Crippen molar-refractivity contribution in [2.75, 3.05) is 11.4 Å². The summed E-state index contributed by atoms with van der Waals surface area (Å²) in [6, 6.07) is 3.06. The summed E-state index contributed by atoms with van der Waals surface area (Å²) in [4.78, 5) is 31.3. The maximum atomic E-state index is 13.6. The molecule has 8 heteroatoms. The lowest BCUT2D eigenvalue weighted by molar-refractivity contribution is -0.127. The van der Waals surface area contributed by atoms with Gasteiger partial charge in [-0.15, -0.1) is 11.3 Å². The summed E-state index contributed by atoms with van der Waals surface area (Å²) in [5.41, 5.74) is 0.0667. The maximum absolute atomic E-state index is 13.6. The van der Waals surface area contributed by atoms with Gasteiger partial charge in [-0.05, 0) is 44.7 Å². The maximum Gasteiger partial charge on any atom is 0.270 e. The average molecular weight is 405 g/mol. The standard InChI is InChI=1S/C20H21F2N3O2S/c1-12-23-17(11-28-12)18(26)24-15-3-2-4-20(10-15)5-6-25(19(20)27)16-8-13(21)7-14(22)9-16/h7-9,11,15H,2-6,10H2,1H3,(H,24,26). The monoisotopic (exact) mass is 405 g/mol. The zero-order chi connectivity index (χ0) is 19.9. The van der Waals surface area contributed by atoms with Gasteiger partial charge in [-0.25, -0.2) is 13.8 Å². The first kappa shape index (κ1) is 19.0. The summed E-state index contributed by atoms with van der Waals surface area (Å²) in [6.45, 7) is 2.27. The number of aromatic nitrogens is 1. The van der Waals surface area contributed by atoms with Crippen LogP contribution < -0.4 is 10.2 Å². The van der Waals surface area contributed by atoms with Crippen LogP contribution in [0.15, 0.2) is 23.6 Å². The first-order chi connectivity index (χ1) is 13.4. The molecule has 148 valence electrons. The van der Waals surface area contributed by atoms with Crippen LogP contribution >= 0.6 is 11.3 Å². The molecular formula is C20H21F2N3O2S. The molecular weight excluding hydrogens is 384 g/mol. The van der Waals surface area contributed by atoms with Gasteiger partial charge < -0.3 is 10.2 Å². The number of thiazole rings is 1. The first-order valence-electron chi connectivity index (χ1n) is 9.37. The molecule has 1 saturated carbocycles. The molecule has 1 aromatic heterocycles. The molecule has 1 N–H and O–H groups in total. The van der Waals surface area contributed by atoms with E-state index in [2.05, 4.69) is 10.3 Å². The van der Waals surface area contributed by atoms with Crippen LogP contribution in [0.5, 0.6) is 0 Å². The minimum absolute atomic E-state index is 0.110. The van der Waals surface area contributed by atoms with Gasteiger partial charge in [0.15, 0.2) is 0 Å². The smallest absolute Gasteiger partial charge is 0.270 e. The Kier molecular flexibility index (Phi) is 4.91. The molecule has 2 amide bonds. The van der Waals surface area contributed by atoms with Crippen molar-refractivity contribution in [3.63, 3.8) is 0 Å². The zero-order valence-corrected chi connectivity index (χ0v) is 16.3. The van der Waals surface area contributed by atoms with Gasteiger partial charge in [-0.1, -0.05) is 6.42 Å². The molecule has 1 aliphatic heterocycles. The summed E-state index contributed by atoms with van der Waals surface area (Å²) < 4.78 is 27.2. The van der Waals surface area contributed by atoms with Gasteiger partial charge in [0.1, 0.15) is 17.3 Å². The summed E-state index contributed by atoms with van der Waals surface area (Å²) in [6.07, 6.45) is 3.50. The summed E-state index contributed by atoms with van der Waals surface area (Å²) in [5.74, 6) is -1.73. The predicted molar refractivity (Wildman–Crippen MR) is 102 cm³/mol. The van der Waals surface area contributed by atoms with Crippen LogP contribution in [-0.4, -0.2) is 29.4 Å². The van der Waals surface area contributed by atoms with Crippen molar-refractivity contribution in [2.24, 2.45) is 5.41 Å². The van der Waals surface area contributed by atoms with Gasteiger partial charge in [0, 0.05) is 29.7 Å². The number of hydrogen-bond acceptors (Lipinski definition) is 4. The first-order valence-corrected chi connectivity index (χ1v) is 10.3. The van der Waals surface area contributed by atoms with E-state index >= 15 is 0 Å². The lowest BCUT2D eigenvalue weighted by Crippen LogP contribution is -2.46. The number of anilines is 1. The average Bonchev–Trinajstić information content (AvgIpc) is 3.19. The minimum atomic E-state index is -0.698. The van der Waals surface area contributed by atoms with E-state index in [0.29, 0.717) is 25.1 Å². The fraction of sp³-hybridized carbons (Fsp3) is 0.450. The fourth-order valence-corrected chi connectivity index (χ4v) is 4.99. The van der Waals surface area contributed by atoms with Crippen LogP contribution in [-0.2, 0) is 4.79 Å². The fourth-order valence-electron chi connectivity index (χ4n) is 4.40. The van der Waals surface area contributed by atoms with Crippen molar-refractivity contribution in [1.29, 1.82) is 0 Å². The molecule has 1 spiro atoms. The van der Waals surface area contributed by atoms with E-state index in [-0.39, 0.29) is 23.5 Å².